The second kappa shape index (κ2) is 4.69. The second-order valence-corrected chi connectivity index (χ2v) is 4.37. The maximum Gasteiger partial charge on any atom is 0.573 e. The average Bonchev–Trinajstić information content (AvgIpc) is 2.87. The Bertz CT molecular complexity index is 796. The first-order chi connectivity index (χ1) is 9.92. The van der Waals surface area contributed by atoms with Crippen molar-refractivity contribution in [3.05, 3.63) is 42.7 Å². The maximum atomic E-state index is 12.3. The van der Waals surface area contributed by atoms with Crippen molar-refractivity contribution in [1.82, 2.24) is 9.97 Å². The Kier molecular flexibility index (Phi) is 2.97. The van der Waals surface area contributed by atoms with Gasteiger partial charge in [-0.25, -0.2) is 4.98 Å². The molecule has 0 aliphatic rings. The molecule has 0 aliphatic heterocycles. The number of hydrogen-bond acceptors (Lipinski definition) is 3. The van der Waals surface area contributed by atoms with Crippen LogP contribution in [0.4, 0.5) is 13.2 Å². The maximum absolute atomic E-state index is 12.3. The fourth-order valence-electron chi connectivity index (χ4n) is 2.00. The Balaban J connectivity index is 2.03. The summed E-state index contributed by atoms with van der Waals surface area (Å²) < 4.78 is 40.6. The third-order valence-electron chi connectivity index (χ3n) is 2.92. The molecule has 21 heavy (non-hydrogen) atoms. The fraction of sp³-hybridized carbons (Fsp3) is 0.0714. The van der Waals surface area contributed by atoms with Gasteiger partial charge in [-0.15, -0.1) is 13.2 Å². The molecule has 4 nitrogen and oxygen atoms in total. The highest BCUT2D eigenvalue weighted by Gasteiger charge is 2.32. The van der Waals surface area contributed by atoms with Crippen LogP contribution in [0.1, 0.15) is 0 Å². The van der Waals surface area contributed by atoms with Gasteiger partial charge in [0.05, 0.1) is 0 Å². The summed E-state index contributed by atoms with van der Waals surface area (Å²) in [5, 5.41) is 10.3. The summed E-state index contributed by atoms with van der Waals surface area (Å²) in [5.41, 5.74) is 1.76. The molecular weight excluding hydrogens is 285 g/mol. The molecule has 108 valence electrons. The molecule has 3 aromatic rings. The number of phenols is 1. The number of ether oxygens (including phenoxy) is 1. The van der Waals surface area contributed by atoms with Crippen LogP contribution < -0.4 is 4.74 Å². The minimum atomic E-state index is -4.86. The molecule has 0 radical (unpaired) electrons. The summed E-state index contributed by atoms with van der Waals surface area (Å²) in [6, 6.07) is 7.35. The number of benzene rings is 1. The number of alkyl halides is 3. The zero-order valence-corrected chi connectivity index (χ0v) is 10.5. The van der Waals surface area contributed by atoms with Crippen LogP contribution in [0.2, 0.25) is 0 Å². The highest BCUT2D eigenvalue weighted by molar-refractivity contribution is 5.81. The average molecular weight is 294 g/mol. The number of phenolic OH excluding ortho intramolecular Hbond substituents is 1. The van der Waals surface area contributed by atoms with Crippen LogP contribution in [-0.2, 0) is 0 Å². The van der Waals surface area contributed by atoms with Gasteiger partial charge in [-0.2, -0.15) is 0 Å². The quantitative estimate of drug-likeness (QED) is 0.755. The molecule has 1 aromatic carbocycles. The molecule has 0 aliphatic carbocycles. The van der Waals surface area contributed by atoms with Crippen molar-refractivity contribution in [3.8, 4) is 22.6 Å². The largest absolute Gasteiger partial charge is 0.573 e. The standard InChI is InChI=1S/C14H9F3N2O2/c15-14(16,17)21-12-6-8(1-2-11(12)20)10-5-9-3-4-18-13(9)19-7-10/h1-7,20H,(H,18,19). The first-order valence-electron chi connectivity index (χ1n) is 5.95. The number of aromatic nitrogens is 2. The van der Waals surface area contributed by atoms with E-state index in [0.29, 0.717) is 16.8 Å². The Morgan fingerprint density at radius 3 is 2.67 bits per heavy atom. The van der Waals surface area contributed by atoms with E-state index >= 15 is 0 Å². The van der Waals surface area contributed by atoms with Gasteiger partial charge in [0, 0.05) is 23.3 Å². The molecule has 0 unspecified atom stereocenters. The zero-order valence-electron chi connectivity index (χ0n) is 10.5. The van der Waals surface area contributed by atoms with Crippen molar-refractivity contribution in [2.24, 2.45) is 0 Å². The van der Waals surface area contributed by atoms with Crippen LogP contribution in [0, 0.1) is 0 Å². The van der Waals surface area contributed by atoms with Crippen LogP contribution in [0.5, 0.6) is 11.5 Å². The second-order valence-electron chi connectivity index (χ2n) is 4.37. The topological polar surface area (TPSA) is 58.1 Å². The number of halogens is 3. The Morgan fingerprint density at radius 1 is 1.10 bits per heavy atom. The van der Waals surface area contributed by atoms with Gasteiger partial charge >= 0.3 is 6.36 Å². The third kappa shape index (κ3) is 2.76. The predicted molar refractivity (Wildman–Crippen MR) is 69.9 cm³/mol. The molecule has 0 fully saturated rings. The van der Waals surface area contributed by atoms with Gasteiger partial charge in [-0.05, 0) is 29.8 Å². The molecule has 7 heteroatoms. The van der Waals surface area contributed by atoms with Gasteiger partial charge < -0.3 is 14.8 Å². The lowest BCUT2D eigenvalue weighted by Crippen LogP contribution is -2.17. The predicted octanol–water partition coefficient (Wildman–Crippen LogP) is 3.83. The fourth-order valence-corrected chi connectivity index (χ4v) is 2.00. The van der Waals surface area contributed by atoms with Gasteiger partial charge in [-0.3, -0.25) is 0 Å². The monoisotopic (exact) mass is 294 g/mol. The lowest BCUT2D eigenvalue weighted by molar-refractivity contribution is -0.275. The number of hydrogen-bond donors (Lipinski definition) is 2. The van der Waals surface area contributed by atoms with Crippen LogP contribution in [0.15, 0.2) is 42.7 Å². The molecule has 0 bridgehead atoms. The minimum Gasteiger partial charge on any atom is -0.504 e. The molecule has 2 aromatic heterocycles. The van der Waals surface area contributed by atoms with E-state index in [2.05, 4.69) is 14.7 Å². The first-order valence-corrected chi connectivity index (χ1v) is 5.95. The van der Waals surface area contributed by atoms with Gasteiger partial charge in [0.1, 0.15) is 5.65 Å². The number of fused-ring (bicyclic) bond motifs is 1. The van der Waals surface area contributed by atoms with Crippen molar-refractivity contribution < 1.29 is 23.0 Å². The summed E-state index contributed by atoms with van der Waals surface area (Å²) in [7, 11) is 0. The van der Waals surface area contributed by atoms with E-state index in [1.54, 1.807) is 18.3 Å². The summed E-state index contributed by atoms with van der Waals surface area (Å²) in [6.07, 6.45) is -1.61. The summed E-state index contributed by atoms with van der Waals surface area (Å²) in [6.45, 7) is 0. The third-order valence-corrected chi connectivity index (χ3v) is 2.92. The number of rotatable bonds is 2. The molecular formula is C14H9F3N2O2. The highest BCUT2D eigenvalue weighted by Crippen LogP contribution is 2.35. The zero-order chi connectivity index (χ0) is 15.0. The van der Waals surface area contributed by atoms with Crippen molar-refractivity contribution in [2.75, 3.05) is 0 Å². The Labute approximate surface area is 116 Å². The number of pyridine rings is 1. The number of aromatic hydroxyl groups is 1. The van der Waals surface area contributed by atoms with Crippen molar-refractivity contribution in [1.29, 1.82) is 0 Å². The lowest BCUT2D eigenvalue weighted by atomic mass is 10.1. The van der Waals surface area contributed by atoms with Crippen LogP contribution in [-0.4, -0.2) is 21.4 Å². The van der Waals surface area contributed by atoms with E-state index in [1.165, 1.54) is 12.3 Å². The number of nitrogens with one attached hydrogen (secondary N) is 1. The molecule has 0 amide bonds. The van der Waals surface area contributed by atoms with Crippen molar-refractivity contribution in [2.45, 2.75) is 6.36 Å². The van der Waals surface area contributed by atoms with Gasteiger partial charge in [0.15, 0.2) is 11.5 Å². The summed E-state index contributed by atoms with van der Waals surface area (Å²) in [4.78, 5) is 7.09. The van der Waals surface area contributed by atoms with E-state index in [0.717, 1.165) is 17.5 Å². The SMILES string of the molecule is Oc1ccc(-c2cnc3[nH]ccc3c2)cc1OC(F)(F)F. The number of H-pyrrole nitrogens is 1. The van der Waals surface area contributed by atoms with Crippen LogP contribution >= 0.6 is 0 Å². The highest BCUT2D eigenvalue weighted by atomic mass is 19.4. The van der Waals surface area contributed by atoms with E-state index in [9.17, 15) is 18.3 Å². The molecule has 2 heterocycles. The number of aromatic amines is 1. The number of nitrogens with zero attached hydrogens (tertiary/aromatic N) is 1. The van der Waals surface area contributed by atoms with Crippen molar-refractivity contribution >= 4 is 11.0 Å². The molecule has 2 N–H and O–H groups in total. The van der Waals surface area contributed by atoms with Gasteiger partial charge in [-0.1, -0.05) is 6.07 Å². The van der Waals surface area contributed by atoms with Gasteiger partial charge in [0.2, 0.25) is 0 Å². The van der Waals surface area contributed by atoms with Crippen LogP contribution in [0.3, 0.4) is 0 Å². The minimum absolute atomic E-state index is 0.461. The van der Waals surface area contributed by atoms with E-state index in [4.69, 9.17) is 0 Å². The van der Waals surface area contributed by atoms with E-state index < -0.39 is 17.9 Å². The molecule has 0 saturated carbocycles. The smallest absolute Gasteiger partial charge is 0.504 e. The normalized spacial score (nSPS) is 11.8. The van der Waals surface area contributed by atoms with E-state index in [-0.39, 0.29) is 0 Å². The summed E-state index contributed by atoms with van der Waals surface area (Å²) in [5.74, 6) is -1.22. The van der Waals surface area contributed by atoms with Gasteiger partial charge in [0.25, 0.3) is 0 Å². The first kappa shape index (κ1) is 13.3. The van der Waals surface area contributed by atoms with E-state index in [1.807, 2.05) is 0 Å². The Morgan fingerprint density at radius 2 is 1.90 bits per heavy atom. The molecule has 0 atom stereocenters. The molecule has 0 saturated heterocycles. The lowest BCUT2D eigenvalue weighted by Gasteiger charge is -2.11. The van der Waals surface area contributed by atoms with Crippen LogP contribution in [0.25, 0.3) is 22.2 Å². The van der Waals surface area contributed by atoms with Crippen molar-refractivity contribution in [3.63, 3.8) is 0 Å². The summed E-state index contributed by atoms with van der Waals surface area (Å²) >= 11 is 0. The molecule has 3 rings (SSSR count). The molecule has 0 spiro atoms. The Hall–Kier alpha value is -2.70.